The van der Waals surface area contributed by atoms with Crippen molar-refractivity contribution in [2.75, 3.05) is 97.7 Å². The zero-order valence-corrected chi connectivity index (χ0v) is 48.1. The fourth-order valence-electron chi connectivity index (χ4n) is 11.2. The number of alkyl halides is 6. The quantitative estimate of drug-likeness (QED) is 0.157. The van der Waals surface area contributed by atoms with E-state index in [0.29, 0.717) is 26.4 Å². The van der Waals surface area contributed by atoms with E-state index in [2.05, 4.69) is 134 Å². The van der Waals surface area contributed by atoms with Gasteiger partial charge in [-0.1, -0.05) is 77.4 Å². The summed E-state index contributed by atoms with van der Waals surface area (Å²) in [5, 5.41) is 38.9. The van der Waals surface area contributed by atoms with E-state index in [1.807, 2.05) is 30.3 Å². The number of carbonyl (C=O) groups is 2. The van der Waals surface area contributed by atoms with Gasteiger partial charge in [-0.25, -0.2) is 9.15 Å². The first-order chi connectivity index (χ1) is 38.1. The highest BCUT2D eigenvalue weighted by Crippen LogP contribution is 2.40. The number of phenolic OH excluding ortho intramolecular Hbond substituents is 1. The van der Waals surface area contributed by atoms with Crippen LogP contribution in [0.1, 0.15) is 37.1 Å². The van der Waals surface area contributed by atoms with Crippen molar-refractivity contribution in [3.8, 4) is 34.5 Å². The van der Waals surface area contributed by atoms with E-state index >= 15 is 0 Å². The predicted octanol–water partition coefficient (Wildman–Crippen LogP) is 2.41. The van der Waals surface area contributed by atoms with Crippen LogP contribution in [-0.4, -0.2) is 133 Å². The van der Waals surface area contributed by atoms with Crippen LogP contribution in [0.3, 0.4) is 0 Å². The molecule has 442 valence electrons. The number of carboxylic acids is 2. The minimum atomic E-state index is -5.19. The molecular weight excluding hydrogens is 1120 g/mol. The normalized spacial score (nSPS) is 16.2. The first-order valence-corrected chi connectivity index (χ1v) is 32.0. The zero-order valence-electron chi connectivity index (χ0n) is 46.1. The monoisotopic (exact) mass is 1190 g/mol. The molecular formula is C61H68F6N4O10Si2. The lowest BCUT2D eigenvalue weighted by Gasteiger charge is -2.36. The lowest BCUT2D eigenvalue weighted by molar-refractivity contribution is -0.344. The van der Waals surface area contributed by atoms with Crippen molar-refractivity contribution in [3.63, 3.8) is 0 Å². The molecule has 0 bridgehead atoms. The van der Waals surface area contributed by atoms with Gasteiger partial charge in [-0.15, -0.1) is 0 Å². The number of hydrogen-bond donors (Lipinski definition) is 1. The number of rotatable bonds is 3. The molecule has 0 fully saturated rings. The van der Waals surface area contributed by atoms with Gasteiger partial charge in [0.15, 0.2) is 24.6 Å². The Hall–Kier alpha value is -7.99. The Kier molecular flexibility index (Phi) is 17.9. The Morgan fingerprint density at radius 3 is 1.33 bits per heavy atom. The summed E-state index contributed by atoms with van der Waals surface area (Å²) < 4.78 is 98.1. The van der Waals surface area contributed by atoms with Gasteiger partial charge in [-0.3, -0.25) is 0 Å². The Morgan fingerprint density at radius 1 is 0.554 bits per heavy atom. The smallest absolute Gasteiger partial charge is 0.430 e. The lowest BCUT2D eigenvalue weighted by Crippen LogP contribution is -2.64. The van der Waals surface area contributed by atoms with Gasteiger partial charge in [0, 0.05) is 37.4 Å². The Balaban J connectivity index is 0.000000191. The molecule has 14 nitrogen and oxygen atoms in total. The molecule has 6 aliphatic rings. The van der Waals surface area contributed by atoms with Crippen molar-refractivity contribution in [2.24, 2.45) is 0 Å². The van der Waals surface area contributed by atoms with Crippen molar-refractivity contribution in [1.29, 1.82) is 0 Å². The number of carbonyl (C=O) groups excluding carboxylic acids is 2. The molecule has 0 atom stereocenters. The number of ether oxygens (including phenoxy) is 5. The van der Waals surface area contributed by atoms with E-state index in [0.717, 1.165) is 82.7 Å². The molecule has 6 aromatic carbocycles. The highest BCUT2D eigenvalue weighted by atomic mass is 28.3. The number of nitrogens with zero attached hydrogens (tertiary/aromatic N) is 4. The predicted molar refractivity (Wildman–Crippen MR) is 310 cm³/mol. The highest BCUT2D eigenvalue weighted by molar-refractivity contribution is 7.02. The summed E-state index contributed by atoms with van der Waals surface area (Å²) in [5.41, 5.74) is 8.97. The third kappa shape index (κ3) is 11.8. The number of para-hydroxylation sites is 2. The van der Waals surface area contributed by atoms with Crippen LogP contribution in [-0.2, 0) is 9.59 Å². The maximum atomic E-state index is 10.9. The Morgan fingerprint density at radius 2 is 0.928 bits per heavy atom. The second-order valence-corrected chi connectivity index (χ2v) is 30.0. The molecule has 6 heterocycles. The number of halogens is 6. The van der Waals surface area contributed by atoms with Crippen molar-refractivity contribution < 1.29 is 74.9 Å². The number of anilines is 2. The van der Waals surface area contributed by atoms with Crippen LogP contribution in [0.2, 0.25) is 26.2 Å². The van der Waals surface area contributed by atoms with Crippen molar-refractivity contribution >= 4 is 71.4 Å². The van der Waals surface area contributed by atoms with Crippen molar-refractivity contribution in [2.45, 2.75) is 53.4 Å². The average Bonchev–Trinajstić information content (AvgIpc) is 0.923. The number of phenols is 1. The first kappa shape index (κ1) is 62.6. The molecule has 0 spiro atoms. The van der Waals surface area contributed by atoms with E-state index in [1.54, 1.807) is 13.2 Å². The fraction of sp³-hybridized carbons (Fsp3) is 0.344. The van der Waals surface area contributed by atoms with Gasteiger partial charge in [0.05, 0.1) is 31.6 Å². The second kappa shape index (κ2) is 23.7. The van der Waals surface area contributed by atoms with Crippen molar-refractivity contribution in [1.82, 2.24) is 9.15 Å². The third-order valence-corrected chi connectivity index (χ3v) is 22.6. The van der Waals surface area contributed by atoms with Gasteiger partial charge in [-0.05, 0) is 102 Å². The van der Waals surface area contributed by atoms with Crippen LogP contribution in [0.15, 0.2) is 97.1 Å². The van der Waals surface area contributed by atoms with Crippen molar-refractivity contribution in [3.05, 3.63) is 140 Å². The molecule has 6 aliphatic heterocycles. The van der Waals surface area contributed by atoms with E-state index in [1.165, 1.54) is 58.9 Å². The van der Waals surface area contributed by atoms with Crippen LogP contribution in [0.5, 0.6) is 34.5 Å². The van der Waals surface area contributed by atoms with E-state index in [4.69, 9.17) is 43.5 Å². The number of aromatic hydroxyl groups is 1. The Bertz CT molecular complexity index is 3790. The number of likely N-dealkylation sites (N-methyl/N-ethyl adjacent to an activating group) is 4. The topological polar surface area (TPSA) is 159 Å². The molecule has 22 heteroatoms. The molecule has 0 aliphatic carbocycles. The van der Waals surface area contributed by atoms with Gasteiger partial charge in [0.25, 0.3) is 0 Å². The summed E-state index contributed by atoms with van der Waals surface area (Å²) in [4.78, 5) is 22.2. The molecule has 0 unspecified atom stereocenters. The standard InChI is InChI=1S/C28H31N2O3Si.C27H28N2O3Si.2C2HF3O2.2CH4/c1-29-10-12-32-24-14-19-26(16-21(24)29)34(4,5)27-17-22-25(33-13-11-30(22)2)15-20(27)28(19)18-8-6-7-9-23(18)31-3;1-28-9-11-31-23-13-18-25(15-20(23)28)33(3,4)26-16-21-24(32-12-10-29(21)2)14-19(26)27(18)17-7-5-6-8-22(17)30;2*3-2(4,5)1(6)7;;/h6-9,14-17H,10-13H2,1-5H3;5-8,13-16H,9-12H2,1-4H3;2*(H,6,7);2*1H4/q+1;;;;;/p-1. The van der Waals surface area contributed by atoms with Crippen LogP contribution in [0, 0.1) is 0 Å². The van der Waals surface area contributed by atoms with Crippen LogP contribution >= 0.6 is 0 Å². The number of aliphatic carboxylic acids is 2. The molecule has 0 amide bonds. The fourth-order valence-corrected chi connectivity index (χ4v) is 17.2. The zero-order chi connectivity index (χ0) is 58.7. The number of hydrogen-bond acceptors (Lipinski definition) is 12. The van der Waals surface area contributed by atoms with Gasteiger partial charge in [-0.2, -0.15) is 26.3 Å². The van der Waals surface area contributed by atoms with Gasteiger partial charge >= 0.3 is 12.4 Å². The van der Waals surface area contributed by atoms with Crippen LogP contribution < -0.4 is 94.7 Å². The molecule has 83 heavy (non-hydrogen) atoms. The summed E-state index contributed by atoms with van der Waals surface area (Å²) in [6.45, 7) is 16.1. The van der Waals surface area contributed by atoms with Gasteiger partial charge < -0.3 is 58.4 Å². The number of methoxy groups -OCH3 is 1. The lowest BCUT2D eigenvalue weighted by atomic mass is 9.93. The van der Waals surface area contributed by atoms with Crippen LogP contribution in [0.25, 0.3) is 11.1 Å². The molecule has 1 N–H and O–H groups in total. The van der Waals surface area contributed by atoms with Crippen LogP contribution in [0.4, 0.5) is 37.7 Å². The summed E-state index contributed by atoms with van der Waals surface area (Å²) in [6.07, 6.45) is -10.4. The van der Waals surface area contributed by atoms with E-state index in [9.17, 15) is 31.4 Å². The third-order valence-electron chi connectivity index (χ3n) is 15.6. The molecule has 0 saturated carbocycles. The number of fused-ring (bicyclic) bond motifs is 8. The van der Waals surface area contributed by atoms with Gasteiger partial charge in [0.2, 0.25) is 10.7 Å². The molecule has 0 saturated heterocycles. The summed E-state index contributed by atoms with van der Waals surface area (Å²) in [5.74, 6) is -1.10. The van der Waals surface area contributed by atoms with E-state index < -0.39 is 40.4 Å². The minimum absolute atomic E-state index is 0. The minimum Gasteiger partial charge on any atom is -0.542 e. The maximum absolute atomic E-state index is 10.9. The summed E-state index contributed by atoms with van der Waals surface area (Å²) in [6, 6.07) is 34.4. The molecule has 0 aromatic heterocycles. The molecule has 6 aromatic rings. The largest absolute Gasteiger partial charge is 0.542 e. The second-order valence-electron chi connectivity index (χ2n) is 21.3. The number of carboxylic acid groups (broad SMARTS) is 2. The molecule has 0 radical (unpaired) electrons. The SMILES string of the molecule is C.C.CN1CCOc2cc3c(cc21)[Si](C)(C)c1cc2c(cc1=C3c1ccccc1O)OCC[N+]=2C.COc1ccccc1C1=c2cc3c(cc2[Si](C)(C)c2cc4c(cc21)OCCN4C)=[N+](C)CCO3.O=C([O-])C(F)(F)F.O=C([O-])C(F)(F)F. The van der Waals surface area contributed by atoms with Gasteiger partial charge in [0.1, 0.15) is 91.6 Å². The Labute approximate surface area is 479 Å². The van der Waals surface area contributed by atoms with E-state index in [-0.39, 0.29) is 20.6 Å². The average molecular weight is 1190 g/mol. The first-order valence-electron chi connectivity index (χ1n) is 26.0. The number of benzene rings is 6. The highest BCUT2D eigenvalue weighted by Gasteiger charge is 2.41. The molecule has 12 rings (SSSR count). The summed E-state index contributed by atoms with van der Waals surface area (Å²) >= 11 is 0. The summed E-state index contributed by atoms with van der Waals surface area (Å²) in [7, 11) is 6.23. The maximum Gasteiger partial charge on any atom is 0.430 e.